The van der Waals surface area contributed by atoms with Gasteiger partial charge in [-0.3, -0.25) is 0 Å². The summed E-state index contributed by atoms with van der Waals surface area (Å²) in [5.74, 6) is 0.165. The Morgan fingerprint density at radius 3 is 2.18 bits per heavy atom. The summed E-state index contributed by atoms with van der Waals surface area (Å²) in [6.45, 7) is 2.16. The molecule has 0 amide bonds. The predicted octanol–water partition coefficient (Wildman–Crippen LogP) is 4.13. The summed E-state index contributed by atoms with van der Waals surface area (Å²) in [5, 5.41) is 8.99. The first-order valence-corrected chi connectivity index (χ1v) is 7.74. The van der Waals surface area contributed by atoms with Crippen LogP contribution in [0.25, 0.3) is 0 Å². The van der Waals surface area contributed by atoms with Crippen LogP contribution in [0.15, 0.2) is 48.5 Å². The molecule has 2 aromatic rings. The van der Waals surface area contributed by atoms with Crippen molar-refractivity contribution in [1.82, 2.24) is 0 Å². The third-order valence-electron chi connectivity index (χ3n) is 3.58. The zero-order chi connectivity index (χ0) is 15.8. The summed E-state index contributed by atoms with van der Waals surface area (Å²) in [7, 11) is 0. The Bertz CT molecular complexity index is 585. The number of aliphatic hydroxyl groups excluding tert-OH is 1. The topological polar surface area (TPSA) is 46.5 Å². The van der Waals surface area contributed by atoms with Gasteiger partial charge in [0.1, 0.15) is 5.75 Å². The van der Waals surface area contributed by atoms with Crippen LogP contribution < -0.4 is 4.74 Å². The van der Waals surface area contributed by atoms with Crippen molar-refractivity contribution in [3.8, 4) is 5.75 Å². The average molecular weight is 298 g/mol. The van der Waals surface area contributed by atoms with Gasteiger partial charge >= 0.3 is 5.97 Å². The Morgan fingerprint density at radius 2 is 1.59 bits per heavy atom. The third kappa shape index (κ3) is 4.71. The molecule has 0 spiro atoms. The third-order valence-corrected chi connectivity index (χ3v) is 3.58. The molecule has 0 aliphatic rings. The maximum atomic E-state index is 12.0. The minimum Gasteiger partial charge on any atom is -0.423 e. The lowest BCUT2D eigenvalue weighted by Gasteiger charge is -2.06. The fourth-order valence-electron chi connectivity index (χ4n) is 2.22. The van der Waals surface area contributed by atoms with Gasteiger partial charge in [-0.15, -0.1) is 0 Å². The molecule has 0 radical (unpaired) electrons. The van der Waals surface area contributed by atoms with E-state index in [0.717, 1.165) is 12.0 Å². The number of aliphatic hydroxyl groups is 1. The van der Waals surface area contributed by atoms with Gasteiger partial charge in [0.2, 0.25) is 0 Å². The second-order valence-electron chi connectivity index (χ2n) is 5.35. The second kappa shape index (κ2) is 8.35. The Morgan fingerprint density at radius 1 is 0.955 bits per heavy atom. The van der Waals surface area contributed by atoms with Gasteiger partial charge in [-0.05, 0) is 48.2 Å². The van der Waals surface area contributed by atoms with Gasteiger partial charge in [-0.2, -0.15) is 0 Å². The highest BCUT2D eigenvalue weighted by molar-refractivity contribution is 5.91. The summed E-state index contributed by atoms with van der Waals surface area (Å²) in [4.78, 5) is 12.0. The Labute approximate surface area is 131 Å². The molecule has 0 fully saturated rings. The Hall–Kier alpha value is -2.13. The molecule has 0 bridgehead atoms. The molecule has 0 aliphatic carbocycles. The van der Waals surface area contributed by atoms with Crippen molar-refractivity contribution in [1.29, 1.82) is 0 Å². The molecule has 2 aromatic carbocycles. The Balaban J connectivity index is 1.93. The first-order valence-electron chi connectivity index (χ1n) is 7.74. The van der Waals surface area contributed by atoms with Gasteiger partial charge in [0.05, 0.1) is 12.2 Å². The number of aryl methyl sites for hydroxylation is 1. The largest absolute Gasteiger partial charge is 0.423 e. The Kier molecular flexibility index (Phi) is 6.16. The first-order chi connectivity index (χ1) is 10.7. The number of unbranched alkanes of at least 4 members (excludes halogenated alkanes) is 2. The normalized spacial score (nSPS) is 10.5. The van der Waals surface area contributed by atoms with Crippen molar-refractivity contribution in [2.75, 3.05) is 0 Å². The SMILES string of the molecule is CCCCCc1ccc(OC(=O)c2ccc(CO)cc2)cc1. The van der Waals surface area contributed by atoms with Crippen molar-refractivity contribution in [2.45, 2.75) is 39.2 Å². The molecule has 3 nitrogen and oxygen atoms in total. The van der Waals surface area contributed by atoms with Crippen molar-refractivity contribution >= 4 is 5.97 Å². The maximum Gasteiger partial charge on any atom is 0.343 e. The van der Waals surface area contributed by atoms with Crippen molar-refractivity contribution < 1.29 is 14.6 Å². The van der Waals surface area contributed by atoms with Crippen LogP contribution >= 0.6 is 0 Å². The minimum absolute atomic E-state index is 0.0329. The molecule has 0 aliphatic heterocycles. The smallest absolute Gasteiger partial charge is 0.343 e. The summed E-state index contributed by atoms with van der Waals surface area (Å²) in [6.07, 6.45) is 4.70. The van der Waals surface area contributed by atoms with E-state index in [1.807, 2.05) is 24.3 Å². The molecule has 0 saturated heterocycles. The molecule has 116 valence electrons. The lowest BCUT2D eigenvalue weighted by atomic mass is 10.1. The fraction of sp³-hybridized carbons (Fsp3) is 0.316. The van der Waals surface area contributed by atoms with Gasteiger partial charge in [0.15, 0.2) is 0 Å². The number of hydrogen-bond donors (Lipinski definition) is 1. The minimum atomic E-state index is -0.386. The highest BCUT2D eigenvalue weighted by Crippen LogP contribution is 2.16. The van der Waals surface area contributed by atoms with Gasteiger partial charge in [0, 0.05) is 0 Å². The van der Waals surface area contributed by atoms with Gasteiger partial charge < -0.3 is 9.84 Å². The molecule has 0 heterocycles. The van der Waals surface area contributed by atoms with E-state index in [4.69, 9.17) is 9.84 Å². The van der Waals surface area contributed by atoms with Crippen LogP contribution in [0.3, 0.4) is 0 Å². The number of hydrogen-bond acceptors (Lipinski definition) is 3. The van der Waals surface area contributed by atoms with Gasteiger partial charge in [-0.1, -0.05) is 44.0 Å². The first kappa shape index (κ1) is 16.2. The standard InChI is InChI=1S/C19H22O3/c1-2-3-4-5-15-8-12-18(13-9-15)22-19(21)17-10-6-16(14-20)7-11-17/h6-13,20H,2-5,14H2,1H3. The van der Waals surface area contributed by atoms with Crippen molar-refractivity contribution in [3.05, 3.63) is 65.2 Å². The van der Waals surface area contributed by atoms with Crippen LogP contribution in [0, 0.1) is 0 Å². The quantitative estimate of drug-likeness (QED) is 0.475. The average Bonchev–Trinajstić information content (AvgIpc) is 2.57. The van der Waals surface area contributed by atoms with E-state index >= 15 is 0 Å². The van der Waals surface area contributed by atoms with Gasteiger partial charge in [0.25, 0.3) is 0 Å². The highest BCUT2D eigenvalue weighted by atomic mass is 16.5. The molecule has 0 saturated carbocycles. The maximum absolute atomic E-state index is 12.0. The van der Waals surface area contributed by atoms with E-state index < -0.39 is 0 Å². The number of esters is 1. The summed E-state index contributed by atoms with van der Waals surface area (Å²) < 4.78 is 5.35. The number of rotatable bonds is 7. The highest BCUT2D eigenvalue weighted by Gasteiger charge is 2.08. The molecule has 3 heteroatoms. The monoisotopic (exact) mass is 298 g/mol. The summed E-state index contributed by atoms with van der Waals surface area (Å²) in [5.41, 5.74) is 2.51. The van der Waals surface area contributed by atoms with E-state index in [9.17, 15) is 4.79 Å². The molecular weight excluding hydrogens is 276 g/mol. The van der Waals surface area contributed by atoms with Crippen LogP contribution in [0.1, 0.15) is 47.7 Å². The number of carbonyl (C=O) groups excluding carboxylic acids is 1. The number of carbonyl (C=O) groups is 1. The molecule has 0 unspecified atom stereocenters. The summed E-state index contributed by atoms with van der Waals surface area (Å²) in [6, 6.07) is 14.4. The fourth-order valence-corrected chi connectivity index (χ4v) is 2.22. The van der Waals surface area contributed by atoms with Crippen LogP contribution in [0.4, 0.5) is 0 Å². The molecule has 22 heavy (non-hydrogen) atoms. The van der Waals surface area contributed by atoms with Gasteiger partial charge in [-0.25, -0.2) is 4.79 Å². The number of benzene rings is 2. The molecule has 0 aromatic heterocycles. The van der Waals surface area contributed by atoms with Crippen LogP contribution in [-0.4, -0.2) is 11.1 Å². The lowest BCUT2D eigenvalue weighted by molar-refractivity contribution is 0.0734. The van der Waals surface area contributed by atoms with Crippen LogP contribution in [0.5, 0.6) is 5.75 Å². The summed E-state index contributed by atoms with van der Waals surface area (Å²) >= 11 is 0. The van der Waals surface area contributed by atoms with E-state index in [0.29, 0.717) is 11.3 Å². The zero-order valence-corrected chi connectivity index (χ0v) is 12.9. The molecule has 2 rings (SSSR count). The van der Waals surface area contributed by atoms with E-state index in [1.165, 1.54) is 24.8 Å². The van der Waals surface area contributed by atoms with Crippen molar-refractivity contribution in [3.63, 3.8) is 0 Å². The van der Waals surface area contributed by atoms with E-state index in [1.54, 1.807) is 24.3 Å². The number of ether oxygens (including phenoxy) is 1. The van der Waals surface area contributed by atoms with Crippen molar-refractivity contribution in [2.24, 2.45) is 0 Å². The lowest BCUT2D eigenvalue weighted by Crippen LogP contribution is -2.08. The molecule has 1 N–H and O–H groups in total. The molecule has 0 atom stereocenters. The van der Waals surface area contributed by atoms with E-state index in [-0.39, 0.29) is 12.6 Å². The van der Waals surface area contributed by atoms with Crippen LogP contribution in [0.2, 0.25) is 0 Å². The second-order valence-corrected chi connectivity index (χ2v) is 5.35. The zero-order valence-electron chi connectivity index (χ0n) is 12.9. The van der Waals surface area contributed by atoms with Crippen LogP contribution in [-0.2, 0) is 13.0 Å². The molecular formula is C19H22O3. The van der Waals surface area contributed by atoms with E-state index in [2.05, 4.69) is 6.92 Å². The predicted molar refractivity (Wildman–Crippen MR) is 87.0 cm³/mol.